The van der Waals surface area contributed by atoms with Gasteiger partial charge in [0.1, 0.15) is 0 Å². The van der Waals surface area contributed by atoms with E-state index in [2.05, 4.69) is 29.5 Å². The highest BCUT2D eigenvalue weighted by atomic mass is 16.6. The number of carbonyl (C=O) groups excluding carboxylic acids is 2. The average Bonchev–Trinajstić information content (AvgIpc) is 3.37. The zero-order chi connectivity index (χ0) is 23.8. The second-order valence-corrected chi connectivity index (χ2v) is 9.31. The Kier molecular flexibility index (Phi) is 5.86. The van der Waals surface area contributed by atoms with E-state index in [0.29, 0.717) is 36.4 Å². The van der Waals surface area contributed by atoms with Crippen molar-refractivity contribution in [2.75, 3.05) is 13.1 Å². The minimum absolute atomic E-state index is 0.0177. The van der Waals surface area contributed by atoms with Gasteiger partial charge in [0, 0.05) is 31.3 Å². The quantitative estimate of drug-likeness (QED) is 0.593. The van der Waals surface area contributed by atoms with E-state index < -0.39 is 6.09 Å². The number of likely N-dealkylation sites (tertiary alicyclic amines) is 1. The first kappa shape index (κ1) is 22.2. The highest BCUT2D eigenvalue weighted by Gasteiger charge is 2.54. The first-order chi connectivity index (χ1) is 16.4. The first-order valence-corrected chi connectivity index (χ1v) is 11.9. The number of carbonyl (C=O) groups is 2. The topological polar surface area (TPSA) is 76.5 Å². The molecule has 1 saturated heterocycles. The third-order valence-corrected chi connectivity index (χ3v) is 6.87. The molecule has 2 heterocycles. The van der Waals surface area contributed by atoms with Gasteiger partial charge in [0.2, 0.25) is 5.88 Å². The van der Waals surface area contributed by atoms with Gasteiger partial charge in [-0.05, 0) is 56.2 Å². The van der Waals surface area contributed by atoms with Gasteiger partial charge < -0.3 is 15.0 Å². The lowest BCUT2D eigenvalue weighted by atomic mass is 9.97. The Balaban J connectivity index is 1.30. The molecule has 5 rings (SSSR count). The number of aromatic nitrogens is 2. The summed E-state index contributed by atoms with van der Waals surface area (Å²) >= 11 is 0. The summed E-state index contributed by atoms with van der Waals surface area (Å²) in [5.41, 5.74) is 4.62. The molecular formula is C27H30N4O3. The summed E-state index contributed by atoms with van der Waals surface area (Å²) in [5.74, 6) is 1.39. The molecule has 1 N–H and O–H groups in total. The van der Waals surface area contributed by atoms with Crippen molar-refractivity contribution in [2.24, 2.45) is 11.8 Å². The van der Waals surface area contributed by atoms with E-state index in [9.17, 15) is 9.59 Å². The van der Waals surface area contributed by atoms with Crippen LogP contribution in [0.2, 0.25) is 0 Å². The van der Waals surface area contributed by atoms with Crippen molar-refractivity contribution in [1.29, 1.82) is 0 Å². The number of piperidine rings is 1. The van der Waals surface area contributed by atoms with Crippen LogP contribution in [0.5, 0.6) is 5.88 Å². The fraction of sp³-hybridized carbons (Fsp3) is 0.370. The van der Waals surface area contributed by atoms with Crippen LogP contribution in [0.25, 0.3) is 11.1 Å². The SMILES string of the molecule is CCn1nc(C)cc1OC(=O)NC[C@@H]1[C@H]2C[C@H]2CN1C(=O)c1ccccc1-c1cccc(C)c1. The van der Waals surface area contributed by atoms with Gasteiger partial charge in [0.25, 0.3) is 5.91 Å². The monoisotopic (exact) mass is 458 g/mol. The predicted octanol–water partition coefficient (Wildman–Crippen LogP) is 4.44. The number of amides is 2. The normalized spacial score (nSPS) is 20.7. The molecule has 0 spiro atoms. The van der Waals surface area contributed by atoms with E-state index in [1.54, 1.807) is 10.7 Å². The molecule has 34 heavy (non-hydrogen) atoms. The van der Waals surface area contributed by atoms with E-state index in [4.69, 9.17) is 4.74 Å². The highest BCUT2D eigenvalue weighted by molar-refractivity contribution is 6.01. The summed E-state index contributed by atoms with van der Waals surface area (Å²) < 4.78 is 7.13. The summed E-state index contributed by atoms with van der Waals surface area (Å²) in [7, 11) is 0. The van der Waals surface area contributed by atoms with Crippen LogP contribution in [-0.4, -0.2) is 45.8 Å². The molecule has 2 fully saturated rings. The lowest BCUT2D eigenvalue weighted by molar-refractivity contribution is 0.0705. The fourth-order valence-electron chi connectivity index (χ4n) is 5.10. The Labute approximate surface area is 199 Å². The molecule has 2 aromatic carbocycles. The predicted molar refractivity (Wildman–Crippen MR) is 130 cm³/mol. The van der Waals surface area contributed by atoms with Crippen LogP contribution < -0.4 is 10.1 Å². The van der Waals surface area contributed by atoms with E-state index >= 15 is 0 Å². The number of hydrogen-bond acceptors (Lipinski definition) is 4. The number of nitrogens with one attached hydrogen (secondary N) is 1. The molecule has 1 saturated carbocycles. The Hall–Kier alpha value is -3.61. The smallest absolute Gasteiger partial charge is 0.392 e. The fourth-order valence-corrected chi connectivity index (χ4v) is 5.10. The van der Waals surface area contributed by atoms with E-state index in [-0.39, 0.29) is 11.9 Å². The molecule has 1 aromatic heterocycles. The lowest BCUT2D eigenvalue weighted by Gasteiger charge is -2.28. The molecule has 2 amide bonds. The number of fused-ring (bicyclic) bond motifs is 1. The molecule has 176 valence electrons. The van der Waals surface area contributed by atoms with Crippen LogP contribution >= 0.6 is 0 Å². The van der Waals surface area contributed by atoms with E-state index in [1.807, 2.05) is 55.1 Å². The van der Waals surface area contributed by atoms with Crippen LogP contribution in [0.15, 0.2) is 54.6 Å². The molecule has 2 aliphatic rings. The van der Waals surface area contributed by atoms with Gasteiger partial charge in [-0.25, -0.2) is 9.48 Å². The van der Waals surface area contributed by atoms with Crippen LogP contribution in [0.4, 0.5) is 4.79 Å². The molecule has 0 unspecified atom stereocenters. The molecule has 7 heteroatoms. The van der Waals surface area contributed by atoms with Crippen LogP contribution in [0.3, 0.4) is 0 Å². The van der Waals surface area contributed by atoms with Gasteiger partial charge in [-0.3, -0.25) is 4.79 Å². The molecule has 3 aromatic rings. The number of ether oxygens (including phenoxy) is 1. The van der Waals surface area contributed by atoms with Gasteiger partial charge in [-0.1, -0.05) is 48.0 Å². The second-order valence-electron chi connectivity index (χ2n) is 9.31. The van der Waals surface area contributed by atoms with Crippen molar-refractivity contribution >= 4 is 12.0 Å². The zero-order valence-corrected chi connectivity index (χ0v) is 19.8. The van der Waals surface area contributed by atoms with Crippen molar-refractivity contribution in [3.05, 3.63) is 71.4 Å². The zero-order valence-electron chi connectivity index (χ0n) is 19.8. The summed E-state index contributed by atoms with van der Waals surface area (Å²) in [6.07, 6.45) is 0.582. The number of rotatable bonds is 6. The molecule has 3 atom stereocenters. The highest BCUT2D eigenvalue weighted by Crippen LogP contribution is 2.50. The Morgan fingerprint density at radius 1 is 1.12 bits per heavy atom. The maximum Gasteiger partial charge on any atom is 0.414 e. The van der Waals surface area contributed by atoms with Crippen LogP contribution in [-0.2, 0) is 6.54 Å². The van der Waals surface area contributed by atoms with E-state index in [0.717, 1.165) is 35.3 Å². The first-order valence-electron chi connectivity index (χ1n) is 11.9. The molecule has 1 aliphatic carbocycles. The summed E-state index contributed by atoms with van der Waals surface area (Å²) in [4.78, 5) is 28.1. The number of aryl methyl sites for hydroxylation is 3. The third kappa shape index (κ3) is 4.30. The second kappa shape index (κ2) is 8.97. The van der Waals surface area contributed by atoms with Gasteiger partial charge in [-0.2, -0.15) is 5.10 Å². The molecule has 7 nitrogen and oxygen atoms in total. The largest absolute Gasteiger partial charge is 0.414 e. The molecule has 1 aliphatic heterocycles. The Bertz CT molecular complexity index is 1230. The van der Waals surface area contributed by atoms with Crippen molar-refractivity contribution in [3.63, 3.8) is 0 Å². The van der Waals surface area contributed by atoms with Gasteiger partial charge in [0.05, 0.1) is 11.7 Å². The Morgan fingerprint density at radius 3 is 2.74 bits per heavy atom. The molecule has 0 radical (unpaired) electrons. The Morgan fingerprint density at radius 2 is 1.94 bits per heavy atom. The van der Waals surface area contributed by atoms with E-state index in [1.165, 1.54) is 0 Å². The summed E-state index contributed by atoms with van der Waals surface area (Å²) in [6, 6.07) is 17.7. The maximum atomic E-state index is 13.7. The van der Waals surface area contributed by atoms with Crippen molar-refractivity contribution in [1.82, 2.24) is 20.0 Å². The number of nitrogens with zero attached hydrogens (tertiary/aromatic N) is 3. The van der Waals surface area contributed by atoms with Gasteiger partial charge in [-0.15, -0.1) is 0 Å². The average molecular weight is 459 g/mol. The van der Waals surface area contributed by atoms with Crippen molar-refractivity contribution in [3.8, 4) is 17.0 Å². The number of hydrogen-bond donors (Lipinski definition) is 1. The third-order valence-electron chi connectivity index (χ3n) is 6.87. The van der Waals surface area contributed by atoms with Crippen molar-refractivity contribution in [2.45, 2.75) is 39.8 Å². The summed E-state index contributed by atoms with van der Waals surface area (Å²) in [5, 5.41) is 7.19. The lowest BCUT2D eigenvalue weighted by Crippen LogP contribution is -2.46. The van der Waals surface area contributed by atoms with Crippen LogP contribution in [0, 0.1) is 25.7 Å². The number of benzene rings is 2. The molecular weight excluding hydrogens is 428 g/mol. The molecule has 0 bridgehead atoms. The minimum Gasteiger partial charge on any atom is -0.392 e. The minimum atomic E-state index is -0.522. The standard InChI is InChI=1S/C27H30N4O3/c1-4-31-25(13-18(3)29-31)34-27(33)28-15-24-23-14-20(23)16-30(24)26(32)22-11-6-5-10-21(22)19-9-7-8-17(2)12-19/h5-13,20,23-24H,4,14-16H2,1-3H3,(H,28,33)/t20-,23-,24+/m0/s1. The van der Waals surface area contributed by atoms with Gasteiger partial charge >= 0.3 is 6.09 Å². The van der Waals surface area contributed by atoms with Gasteiger partial charge in [0.15, 0.2) is 0 Å². The van der Waals surface area contributed by atoms with Crippen molar-refractivity contribution < 1.29 is 14.3 Å². The maximum absolute atomic E-state index is 13.7. The summed E-state index contributed by atoms with van der Waals surface area (Å²) in [6.45, 7) is 7.58. The van der Waals surface area contributed by atoms with Crippen LogP contribution in [0.1, 0.15) is 35.0 Å².